The fourth-order valence-corrected chi connectivity index (χ4v) is 4.21. The van der Waals surface area contributed by atoms with E-state index in [1.54, 1.807) is 29.1 Å². The van der Waals surface area contributed by atoms with Gasteiger partial charge in [0.2, 0.25) is 0 Å². The first-order chi connectivity index (χ1) is 12.1. The Morgan fingerprint density at radius 3 is 2.72 bits per heavy atom. The molecule has 25 heavy (non-hydrogen) atoms. The number of carbonyl (C=O) groups excluding carboxylic acids is 1. The zero-order chi connectivity index (χ0) is 17.4. The van der Waals surface area contributed by atoms with Crippen molar-refractivity contribution in [3.63, 3.8) is 0 Å². The first kappa shape index (κ1) is 16.3. The van der Waals surface area contributed by atoms with E-state index >= 15 is 0 Å². The number of likely N-dealkylation sites (tertiary alicyclic amines) is 2. The highest BCUT2D eigenvalue weighted by Gasteiger charge is 2.39. The van der Waals surface area contributed by atoms with Crippen molar-refractivity contribution in [1.29, 1.82) is 0 Å². The molecule has 2 saturated heterocycles. The Balaban J connectivity index is 1.54. The van der Waals surface area contributed by atoms with Gasteiger partial charge in [0.25, 0.3) is 5.91 Å². The molecule has 0 unspecified atom stereocenters. The van der Waals surface area contributed by atoms with Crippen molar-refractivity contribution >= 4 is 5.91 Å². The molecule has 2 aromatic rings. The quantitative estimate of drug-likeness (QED) is 0.861. The molecular formula is C19H23FN4O. The summed E-state index contributed by atoms with van der Waals surface area (Å²) >= 11 is 0. The number of aromatic nitrogens is 2. The molecule has 1 aromatic carbocycles. The lowest BCUT2D eigenvalue weighted by atomic mass is 10.0. The molecule has 2 atom stereocenters. The summed E-state index contributed by atoms with van der Waals surface area (Å²) in [5.74, 6) is -0.331. The monoisotopic (exact) mass is 342 g/mol. The molecule has 1 aromatic heterocycles. The Kier molecular flexibility index (Phi) is 4.29. The van der Waals surface area contributed by atoms with Gasteiger partial charge in [0.05, 0.1) is 5.69 Å². The van der Waals surface area contributed by atoms with E-state index in [0.717, 1.165) is 32.4 Å². The van der Waals surface area contributed by atoms with Crippen molar-refractivity contribution in [3.05, 3.63) is 48.0 Å². The fraction of sp³-hybridized carbons (Fsp3) is 0.474. The van der Waals surface area contributed by atoms with Crippen molar-refractivity contribution in [2.45, 2.75) is 37.8 Å². The summed E-state index contributed by atoms with van der Waals surface area (Å²) in [4.78, 5) is 17.4. The molecule has 0 N–H and O–H groups in total. The molecule has 6 heteroatoms. The van der Waals surface area contributed by atoms with E-state index < -0.39 is 0 Å². The van der Waals surface area contributed by atoms with Crippen LogP contribution < -0.4 is 0 Å². The molecule has 5 nitrogen and oxygen atoms in total. The van der Waals surface area contributed by atoms with Crippen LogP contribution in [-0.4, -0.2) is 57.7 Å². The van der Waals surface area contributed by atoms with Crippen LogP contribution in [0.2, 0.25) is 0 Å². The lowest BCUT2D eigenvalue weighted by Gasteiger charge is -2.32. The Morgan fingerprint density at radius 2 is 1.96 bits per heavy atom. The first-order valence-corrected chi connectivity index (χ1v) is 8.96. The number of amides is 1. The number of benzene rings is 1. The summed E-state index contributed by atoms with van der Waals surface area (Å²) in [6.07, 6.45) is 6.18. The van der Waals surface area contributed by atoms with Gasteiger partial charge >= 0.3 is 0 Å². The van der Waals surface area contributed by atoms with Crippen LogP contribution in [0.25, 0.3) is 5.69 Å². The highest BCUT2D eigenvalue weighted by atomic mass is 19.1. The average Bonchev–Trinajstić information content (AvgIpc) is 3.34. The highest BCUT2D eigenvalue weighted by molar-refractivity contribution is 5.92. The minimum atomic E-state index is -0.315. The van der Waals surface area contributed by atoms with E-state index in [0.29, 0.717) is 17.4 Å². The second-order valence-electron chi connectivity index (χ2n) is 7.02. The van der Waals surface area contributed by atoms with Crippen LogP contribution in [-0.2, 0) is 0 Å². The van der Waals surface area contributed by atoms with E-state index in [1.807, 2.05) is 4.90 Å². The normalized spacial score (nSPS) is 24.2. The summed E-state index contributed by atoms with van der Waals surface area (Å²) in [6.45, 7) is 1.90. The molecule has 2 aliphatic heterocycles. The van der Waals surface area contributed by atoms with E-state index in [9.17, 15) is 9.18 Å². The third-order valence-corrected chi connectivity index (χ3v) is 5.46. The maximum Gasteiger partial charge on any atom is 0.274 e. The summed E-state index contributed by atoms with van der Waals surface area (Å²) in [5.41, 5.74) is 1.05. The van der Waals surface area contributed by atoms with Crippen LogP contribution in [0.4, 0.5) is 4.39 Å². The Labute approximate surface area is 147 Å². The number of rotatable bonds is 3. The summed E-state index contributed by atoms with van der Waals surface area (Å²) in [7, 11) is 2.15. The predicted molar refractivity (Wildman–Crippen MR) is 93.2 cm³/mol. The molecule has 0 aliphatic carbocycles. The van der Waals surface area contributed by atoms with Crippen molar-refractivity contribution in [1.82, 2.24) is 19.6 Å². The first-order valence-electron chi connectivity index (χ1n) is 8.96. The van der Waals surface area contributed by atoms with Crippen molar-refractivity contribution in [2.75, 3.05) is 20.1 Å². The Morgan fingerprint density at radius 1 is 1.16 bits per heavy atom. The number of hydrogen-bond acceptors (Lipinski definition) is 3. The van der Waals surface area contributed by atoms with Gasteiger partial charge in [-0.3, -0.25) is 4.79 Å². The van der Waals surface area contributed by atoms with Crippen LogP contribution in [0.15, 0.2) is 36.5 Å². The van der Waals surface area contributed by atoms with Gasteiger partial charge in [0.1, 0.15) is 5.82 Å². The molecular weight excluding hydrogens is 319 g/mol. The van der Waals surface area contributed by atoms with Gasteiger partial charge in [-0.05, 0) is 63.5 Å². The van der Waals surface area contributed by atoms with Gasteiger partial charge in [-0.2, -0.15) is 5.10 Å². The maximum absolute atomic E-state index is 13.4. The van der Waals surface area contributed by atoms with Crippen molar-refractivity contribution in [2.24, 2.45) is 0 Å². The lowest BCUT2D eigenvalue weighted by molar-refractivity contribution is 0.0658. The van der Waals surface area contributed by atoms with E-state index in [1.165, 1.54) is 18.6 Å². The molecule has 3 heterocycles. The SMILES string of the molecule is CN1CCC[C@@H]1[C@H]1CCCN1C(=O)c1ccn(-c2cccc(F)c2)n1. The van der Waals surface area contributed by atoms with Gasteiger partial charge in [-0.1, -0.05) is 6.07 Å². The zero-order valence-corrected chi connectivity index (χ0v) is 14.4. The van der Waals surface area contributed by atoms with Crippen LogP contribution in [0.5, 0.6) is 0 Å². The van der Waals surface area contributed by atoms with Crippen LogP contribution in [0.1, 0.15) is 36.2 Å². The average molecular weight is 342 g/mol. The molecule has 2 aliphatic rings. The maximum atomic E-state index is 13.4. The van der Waals surface area contributed by atoms with Crippen LogP contribution in [0.3, 0.4) is 0 Å². The molecule has 132 valence electrons. The number of carbonyl (C=O) groups is 1. The Bertz CT molecular complexity index is 774. The second-order valence-corrected chi connectivity index (χ2v) is 7.02. The molecule has 2 fully saturated rings. The fourth-order valence-electron chi connectivity index (χ4n) is 4.21. The molecule has 0 spiro atoms. The minimum Gasteiger partial charge on any atom is -0.333 e. The highest BCUT2D eigenvalue weighted by Crippen LogP contribution is 2.30. The third-order valence-electron chi connectivity index (χ3n) is 5.46. The summed E-state index contributed by atoms with van der Waals surface area (Å²) < 4.78 is 15.0. The van der Waals surface area contributed by atoms with Gasteiger partial charge in [-0.15, -0.1) is 0 Å². The molecule has 0 saturated carbocycles. The summed E-state index contributed by atoms with van der Waals surface area (Å²) in [5, 5.41) is 4.39. The van der Waals surface area contributed by atoms with E-state index in [2.05, 4.69) is 17.0 Å². The van der Waals surface area contributed by atoms with Crippen LogP contribution in [0, 0.1) is 5.82 Å². The van der Waals surface area contributed by atoms with Crippen molar-refractivity contribution in [3.8, 4) is 5.69 Å². The third kappa shape index (κ3) is 3.06. The largest absolute Gasteiger partial charge is 0.333 e. The number of nitrogens with zero attached hydrogens (tertiary/aromatic N) is 4. The van der Waals surface area contributed by atoms with Gasteiger partial charge in [-0.25, -0.2) is 9.07 Å². The van der Waals surface area contributed by atoms with E-state index in [4.69, 9.17) is 0 Å². The second kappa shape index (κ2) is 6.59. The smallest absolute Gasteiger partial charge is 0.274 e. The van der Waals surface area contributed by atoms with Gasteiger partial charge < -0.3 is 9.80 Å². The molecule has 0 radical (unpaired) electrons. The van der Waals surface area contributed by atoms with Crippen molar-refractivity contribution < 1.29 is 9.18 Å². The number of likely N-dealkylation sites (N-methyl/N-ethyl adjacent to an activating group) is 1. The minimum absolute atomic E-state index is 0.0158. The topological polar surface area (TPSA) is 41.4 Å². The predicted octanol–water partition coefficient (Wildman–Crippen LogP) is 2.71. The molecule has 1 amide bonds. The Hall–Kier alpha value is -2.21. The lowest BCUT2D eigenvalue weighted by Crippen LogP contribution is -2.47. The molecule has 0 bridgehead atoms. The van der Waals surface area contributed by atoms with Gasteiger partial charge in [0, 0.05) is 24.8 Å². The van der Waals surface area contributed by atoms with E-state index in [-0.39, 0.29) is 17.8 Å². The molecule has 4 rings (SSSR count). The number of hydrogen-bond donors (Lipinski definition) is 0. The summed E-state index contributed by atoms with van der Waals surface area (Å²) in [6, 6.07) is 8.67. The standard InChI is InChI=1S/C19H23FN4O/c1-22-10-3-7-17(22)18-8-4-11-23(18)19(25)16-9-12-24(21-16)15-6-2-5-14(20)13-15/h2,5-6,9,12-13,17-18H,3-4,7-8,10-11H2,1H3/t17-,18-/m1/s1. The van der Waals surface area contributed by atoms with Gasteiger partial charge in [0.15, 0.2) is 5.69 Å². The number of halogens is 1. The van der Waals surface area contributed by atoms with Crippen LogP contribution >= 0.6 is 0 Å². The zero-order valence-electron chi connectivity index (χ0n) is 14.4.